The lowest BCUT2D eigenvalue weighted by Crippen LogP contribution is -2.23. The Morgan fingerprint density at radius 3 is 2.33 bits per heavy atom. The average molecular weight is 321 g/mol. The highest BCUT2D eigenvalue weighted by Crippen LogP contribution is 2.16. The Hall–Kier alpha value is -2.82. The molecule has 1 N–H and O–H groups in total. The number of H-pyrrole nitrogens is 1. The Morgan fingerprint density at radius 2 is 1.62 bits per heavy atom. The number of likely N-dealkylation sites (tertiary alicyclic amines) is 1. The smallest absolute Gasteiger partial charge is 0.326 e. The maximum Gasteiger partial charge on any atom is 0.326 e. The van der Waals surface area contributed by atoms with Gasteiger partial charge in [0, 0.05) is 19.5 Å². The van der Waals surface area contributed by atoms with E-state index in [1.54, 1.807) is 4.57 Å². The number of nitrogens with one attached hydrogen (secondary N) is 1. The number of rotatable bonds is 4. The maximum atomic E-state index is 12.1. The number of aromatic nitrogens is 2. The third-order valence-corrected chi connectivity index (χ3v) is 4.59. The Bertz CT molecular complexity index is 937. The molecule has 0 bridgehead atoms. The van der Waals surface area contributed by atoms with Gasteiger partial charge in [0.1, 0.15) is 0 Å². The number of carbonyl (C=O) groups excluding carboxylic acids is 1. The second-order valence-corrected chi connectivity index (χ2v) is 6.27. The average Bonchev–Trinajstić information content (AvgIpc) is 3.13. The SMILES string of the molecule is O=C1CCCN1Cc1ccc(Cn2c(=O)[nH]c3ccccc32)cc1. The van der Waals surface area contributed by atoms with Crippen molar-refractivity contribution in [1.29, 1.82) is 0 Å². The molecule has 5 nitrogen and oxygen atoms in total. The van der Waals surface area contributed by atoms with E-state index in [0.29, 0.717) is 19.5 Å². The summed E-state index contributed by atoms with van der Waals surface area (Å²) < 4.78 is 1.74. The maximum absolute atomic E-state index is 12.1. The van der Waals surface area contributed by atoms with Gasteiger partial charge in [-0.25, -0.2) is 4.79 Å². The number of imidazole rings is 1. The predicted octanol–water partition coefficient (Wildman–Crippen LogP) is 2.50. The zero-order valence-electron chi connectivity index (χ0n) is 13.4. The molecule has 0 atom stereocenters. The Labute approximate surface area is 139 Å². The highest BCUT2D eigenvalue weighted by molar-refractivity contribution is 5.78. The van der Waals surface area contributed by atoms with Crippen LogP contribution in [0.3, 0.4) is 0 Å². The molecule has 0 unspecified atom stereocenters. The van der Waals surface area contributed by atoms with Gasteiger partial charge in [0.05, 0.1) is 17.6 Å². The topological polar surface area (TPSA) is 58.1 Å². The van der Waals surface area contributed by atoms with Crippen molar-refractivity contribution in [2.24, 2.45) is 0 Å². The molecule has 24 heavy (non-hydrogen) atoms. The zero-order valence-corrected chi connectivity index (χ0v) is 13.4. The molecule has 122 valence electrons. The van der Waals surface area contributed by atoms with Gasteiger partial charge in [-0.05, 0) is 29.7 Å². The van der Waals surface area contributed by atoms with Gasteiger partial charge in [0.25, 0.3) is 0 Å². The third kappa shape index (κ3) is 2.73. The van der Waals surface area contributed by atoms with Crippen LogP contribution in [0.1, 0.15) is 24.0 Å². The van der Waals surface area contributed by atoms with Gasteiger partial charge in [-0.15, -0.1) is 0 Å². The number of aromatic amines is 1. The predicted molar refractivity (Wildman–Crippen MR) is 92.8 cm³/mol. The van der Waals surface area contributed by atoms with E-state index in [0.717, 1.165) is 35.1 Å². The number of benzene rings is 2. The highest BCUT2D eigenvalue weighted by atomic mass is 16.2. The first-order chi connectivity index (χ1) is 11.7. The number of hydrogen-bond acceptors (Lipinski definition) is 2. The summed E-state index contributed by atoms with van der Waals surface area (Å²) in [6.45, 7) is 2.06. The lowest BCUT2D eigenvalue weighted by molar-refractivity contribution is -0.128. The van der Waals surface area contributed by atoms with Gasteiger partial charge in [-0.2, -0.15) is 0 Å². The van der Waals surface area contributed by atoms with E-state index in [4.69, 9.17) is 0 Å². The van der Waals surface area contributed by atoms with Crippen LogP contribution in [0.25, 0.3) is 11.0 Å². The van der Waals surface area contributed by atoms with Crippen molar-refractivity contribution in [3.8, 4) is 0 Å². The van der Waals surface area contributed by atoms with Crippen LogP contribution in [0.15, 0.2) is 53.3 Å². The van der Waals surface area contributed by atoms with Crippen molar-refractivity contribution in [3.05, 3.63) is 70.1 Å². The van der Waals surface area contributed by atoms with Crippen LogP contribution in [0.4, 0.5) is 0 Å². The van der Waals surface area contributed by atoms with Crippen molar-refractivity contribution >= 4 is 16.9 Å². The minimum Gasteiger partial charge on any atom is -0.338 e. The van der Waals surface area contributed by atoms with E-state index in [1.807, 2.05) is 53.4 Å². The Balaban J connectivity index is 1.53. The van der Waals surface area contributed by atoms with Crippen LogP contribution in [-0.2, 0) is 17.9 Å². The molecular weight excluding hydrogens is 302 g/mol. The van der Waals surface area contributed by atoms with Crippen LogP contribution in [-0.4, -0.2) is 26.9 Å². The highest BCUT2D eigenvalue weighted by Gasteiger charge is 2.19. The number of fused-ring (bicyclic) bond motifs is 1. The van der Waals surface area contributed by atoms with Crippen molar-refractivity contribution in [2.45, 2.75) is 25.9 Å². The van der Waals surface area contributed by atoms with Crippen LogP contribution in [0, 0.1) is 0 Å². The number of hydrogen-bond donors (Lipinski definition) is 1. The van der Waals surface area contributed by atoms with Crippen LogP contribution >= 0.6 is 0 Å². The summed E-state index contributed by atoms with van der Waals surface area (Å²) >= 11 is 0. The summed E-state index contributed by atoms with van der Waals surface area (Å²) in [4.78, 5) is 28.6. The molecule has 1 aliphatic rings. The summed E-state index contributed by atoms with van der Waals surface area (Å²) in [5, 5.41) is 0. The molecule has 5 heteroatoms. The molecule has 2 heterocycles. The molecule has 3 aromatic rings. The van der Waals surface area contributed by atoms with Crippen molar-refractivity contribution < 1.29 is 4.79 Å². The molecule has 2 aromatic carbocycles. The fourth-order valence-corrected chi connectivity index (χ4v) is 3.29. The van der Waals surface area contributed by atoms with E-state index in [9.17, 15) is 9.59 Å². The first kappa shape index (κ1) is 14.8. The van der Waals surface area contributed by atoms with Gasteiger partial charge < -0.3 is 9.88 Å². The second-order valence-electron chi connectivity index (χ2n) is 6.27. The number of para-hydroxylation sites is 2. The summed E-state index contributed by atoms with van der Waals surface area (Å²) in [6, 6.07) is 15.8. The molecule has 1 saturated heterocycles. The van der Waals surface area contributed by atoms with Gasteiger partial charge in [-0.3, -0.25) is 9.36 Å². The van der Waals surface area contributed by atoms with E-state index in [1.165, 1.54) is 0 Å². The number of carbonyl (C=O) groups is 1. The fourth-order valence-electron chi connectivity index (χ4n) is 3.29. The van der Waals surface area contributed by atoms with Crippen LogP contribution in [0.2, 0.25) is 0 Å². The largest absolute Gasteiger partial charge is 0.338 e. The zero-order chi connectivity index (χ0) is 16.5. The second kappa shape index (κ2) is 6.00. The number of nitrogens with zero attached hydrogens (tertiary/aromatic N) is 2. The van der Waals surface area contributed by atoms with Gasteiger partial charge in [0.2, 0.25) is 5.91 Å². The summed E-state index contributed by atoms with van der Waals surface area (Å²) in [5.74, 6) is 0.240. The standard InChI is InChI=1S/C19H19N3O2/c23-18-6-3-11-21(18)12-14-7-9-15(10-8-14)13-22-17-5-2-1-4-16(17)20-19(22)24/h1-2,4-5,7-10H,3,6,11-13H2,(H,20,24). The quantitative estimate of drug-likeness (QED) is 0.802. The molecule has 0 spiro atoms. The van der Waals surface area contributed by atoms with Crippen LogP contribution < -0.4 is 5.69 Å². The molecule has 0 saturated carbocycles. The summed E-state index contributed by atoms with van der Waals surface area (Å²) in [6.07, 6.45) is 1.63. The minimum absolute atomic E-state index is 0.0945. The lowest BCUT2D eigenvalue weighted by Gasteiger charge is -2.15. The molecule has 1 aliphatic heterocycles. The van der Waals surface area contributed by atoms with Gasteiger partial charge >= 0.3 is 5.69 Å². The molecule has 1 aromatic heterocycles. The van der Waals surface area contributed by atoms with Crippen LogP contribution in [0.5, 0.6) is 0 Å². The summed E-state index contributed by atoms with van der Waals surface area (Å²) in [5.41, 5.74) is 3.86. The van der Waals surface area contributed by atoms with Crippen molar-refractivity contribution in [3.63, 3.8) is 0 Å². The van der Waals surface area contributed by atoms with Gasteiger partial charge in [0.15, 0.2) is 0 Å². The molecule has 4 rings (SSSR count). The van der Waals surface area contributed by atoms with E-state index in [2.05, 4.69) is 4.98 Å². The van der Waals surface area contributed by atoms with E-state index in [-0.39, 0.29) is 11.6 Å². The molecule has 0 radical (unpaired) electrons. The Kier molecular flexibility index (Phi) is 3.69. The molecule has 0 aliphatic carbocycles. The van der Waals surface area contributed by atoms with E-state index >= 15 is 0 Å². The van der Waals surface area contributed by atoms with Crippen molar-refractivity contribution in [2.75, 3.05) is 6.54 Å². The molecule has 1 fully saturated rings. The Morgan fingerprint density at radius 1 is 0.917 bits per heavy atom. The monoisotopic (exact) mass is 321 g/mol. The molecular formula is C19H19N3O2. The van der Waals surface area contributed by atoms with Crippen molar-refractivity contribution in [1.82, 2.24) is 14.5 Å². The first-order valence-electron chi connectivity index (χ1n) is 8.24. The van der Waals surface area contributed by atoms with E-state index < -0.39 is 0 Å². The minimum atomic E-state index is -0.0945. The van der Waals surface area contributed by atoms with Gasteiger partial charge in [-0.1, -0.05) is 36.4 Å². The lowest BCUT2D eigenvalue weighted by atomic mass is 10.1. The first-order valence-corrected chi connectivity index (χ1v) is 8.24. The molecule has 1 amide bonds. The summed E-state index contributed by atoms with van der Waals surface area (Å²) in [7, 11) is 0. The fraction of sp³-hybridized carbons (Fsp3) is 0.263. The third-order valence-electron chi connectivity index (χ3n) is 4.59. The number of amides is 1. The normalized spacial score (nSPS) is 14.7.